The van der Waals surface area contributed by atoms with Gasteiger partial charge in [0.05, 0.1) is 32.8 Å². The van der Waals surface area contributed by atoms with Crippen molar-refractivity contribution in [2.24, 2.45) is 4.99 Å². The van der Waals surface area contributed by atoms with E-state index in [9.17, 15) is 0 Å². The number of hydrogen-bond acceptors (Lipinski definition) is 6. The molecule has 2 heterocycles. The molecular weight excluding hydrogens is 426 g/mol. The molecule has 0 bridgehead atoms. The van der Waals surface area contributed by atoms with Crippen LogP contribution in [0.25, 0.3) is 5.69 Å². The molecule has 0 unspecified atom stereocenters. The molecule has 1 N–H and O–H groups in total. The number of benzene rings is 2. The minimum Gasteiger partial charge on any atom is -0.497 e. The molecule has 0 radical (unpaired) electrons. The second-order valence-corrected chi connectivity index (χ2v) is 10.0. The molecule has 6 nitrogen and oxygen atoms in total. The second-order valence-electron chi connectivity index (χ2n) is 7.74. The number of quaternary nitrogens is 1. The fraction of sp³-hybridized carbons (Fsp3) is 0.348. The lowest BCUT2D eigenvalue weighted by atomic mass is 10.2. The number of para-hydroxylation sites is 1. The third-order valence-corrected chi connectivity index (χ3v) is 7.92. The SMILES string of the molecule is COc1ccc(C2=NC[C@@H](CSc3nnc([C@H](C)[NH+](C)C)n3-c3ccccc3)S2)cc1. The van der Waals surface area contributed by atoms with Crippen LogP contribution in [0.1, 0.15) is 24.4 Å². The van der Waals surface area contributed by atoms with Crippen molar-refractivity contribution in [3.63, 3.8) is 0 Å². The molecular formula is C23H28N5OS2+. The number of thioether (sulfide) groups is 2. The first-order valence-electron chi connectivity index (χ1n) is 10.4. The van der Waals surface area contributed by atoms with E-state index >= 15 is 0 Å². The van der Waals surface area contributed by atoms with Crippen LogP contribution in [0.5, 0.6) is 5.75 Å². The van der Waals surface area contributed by atoms with Gasteiger partial charge in [0.25, 0.3) is 0 Å². The molecule has 2 atom stereocenters. The summed E-state index contributed by atoms with van der Waals surface area (Å²) in [6.45, 7) is 3.01. The maximum Gasteiger partial charge on any atom is 0.196 e. The predicted molar refractivity (Wildman–Crippen MR) is 129 cm³/mol. The zero-order chi connectivity index (χ0) is 21.8. The van der Waals surface area contributed by atoms with Crippen molar-refractivity contribution < 1.29 is 9.64 Å². The van der Waals surface area contributed by atoms with Gasteiger partial charge in [-0.25, -0.2) is 0 Å². The molecule has 0 amide bonds. The zero-order valence-electron chi connectivity index (χ0n) is 18.3. The summed E-state index contributed by atoms with van der Waals surface area (Å²) < 4.78 is 7.46. The lowest BCUT2D eigenvalue weighted by Crippen LogP contribution is -3.05. The highest BCUT2D eigenvalue weighted by Crippen LogP contribution is 2.32. The molecule has 0 fully saturated rings. The predicted octanol–water partition coefficient (Wildman–Crippen LogP) is 3.14. The van der Waals surface area contributed by atoms with Crippen LogP contribution in [0, 0.1) is 0 Å². The summed E-state index contributed by atoms with van der Waals surface area (Å²) in [5.74, 6) is 2.79. The Kier molecular flexibility index (Phi) is 6.99. The molecule has 1 aliphatic rings. The molecule has 1 aromatic heterocycles. The Labute approximate surface area is 192 Å². The summed E-state index contributed by atoms with van der Waals surface area (Å²) in [5.41, 5.74) is 2.25. The van der Waals surface area contributed by atoms with Crippen LogP contribution in [0.3, 0.4) is 0 Å². The van der Waals surface area contributed by atoms with Crippen molar-refractivity contribution in [3.05, 3.63) is 66.0 Å². The van der Waals surface area contributed by atoms with E-state index in [1.54, 1.807) is 18.9 Å². The minimum atomic E-state index is 0.243. The highest BCUT2D eigenvalue weighted by Gasteiger charge is 2.26. The van der Waals surface area contributed by atoms with Gasteiger partial charge in [-0.15, -0.1) is 22.0 Å². The molecule has 0 saturated carbocycles. The monoisotopic (exact) mass is 454 g/mol. The van der Waals surface area contributed by atoms with Gasteiger partial charge in [0.2, 0.25) is 0 Å². The van der Waals surface area contributed by atoms with Crippen LogP contribution >= 0.6 is 23.5 Å². The third-order valence-electron chi connectivity index (χ3n) is 5.38. The van der Waals surface area contributed by atoms with Crippen molar-refractivity contribution in [2.75, 3.05) is 33.5 Å². The number of aromatic nitrogens is 3. The zero-order valence-corrected chi connectivity index (χ0v) is 19.9. The average Bonchev–Trinajstić information content (AvgIpc) is 3.45. The Morgan fingerprint density at radius 2 is 1.87 bits per heavy atom. The summed E-state index contributed by atoms with van der Waals surface area (Å²) in [4.78, 5) is 6.10. The second kappa shape index (κ2) is 9.89. The first-order valence-corrected chi connectivity index (χ1v) is 12.2. The van der Waals surface area contributed by atoms with E-state index in [0.717, 1.165) is 45.3 Å². The van der Waals surface area contributed by atoms with Gasteiger partial charge in [-0.1, -0.05) is 30.0 Å². The topological polar surface area (TPSA) is 56.7 Å². The van der Waals surface area contributed by atoms with Crippen LogP contribution in [-0.2, 0) is 0 Å². The molecule has 162 valence electrons. The van der Waals surface area contributed by atoms with Gasteiger partial charge in [-0.2, -0.15) is 0 Å². The van der Waals surface area contributed by atoms with Gasteiger partial charge in [0.15, 0.2) is 11.0 Å². The van der Waals surface area contributed by atoms with Crippen molar-refractivity contribution in [2.45, 2.75) is 23.4 Å². The van der Waals surface area contributed by atoms with Gasteiger partial charge in [-0.05, 0) is 43.3 Å². The van der Waals surface area contributed by atoms with Gasteiger partial charge in [0.1, 0.15) is 11.8 Å². The minimum absolute atomic E-state index is 0.243. The smallest absolute Gasteiger partial charge is 0.196 e. The number of hydrogen-bond donors (Lipinski definition) is 1. The highest BCUT2D eigenvalue weighted by atomic mass is 32.2. The first kappa shape index (κ1) is 21.9. The van der Waals surface area contributed by atoms with E-state index < -0.39 is 0 Å². The van der Waals surface area contributed by atoms with Crippen LogP contribution in [0.2, 0.25) is 0 Å². The number of rotatable bonds is 8. The summed E-state index contributed by atoms with van der Waals surface area (Å²) in [6.07, 6.45) is 0. The lowest BCUT2D eigenvalue weighted by molar-refractivity contribution is -0.890. The molecule has 0 saturated heterocycles. The van der Waals surface area contributed by atoms with Crippen LogP contribution < -0.4 is 9.64 Å². The molecule has 1 aliphatic heterocycles. The Hall–Kier alpha value is -2.29. The number of methoxy groups -OCH3 is 1. The van der Waals surface area contributed by atoms with Gasteiger partial charge in [-0.3, -0.25) is 9.56 Å². The summed E-state index contributed by atoms with van der Waals surface area (Å²) in [5, 5.41) is 11.6. The van der Waals surface area contributed by atoms with Crippen molar-refractivity contribution >= 4 is 28.6 Å². The lowest BCUT2D eigenvalue weighted by Gasteiger charge is -2.18. The maximum atomic E-state index is 5.25. The Balaban J connectivity index is 1.46. The molecule has 2 aromatic carbocycles. The molecule has 3 aromatic rings. The summed E-state index contributed by atoms with van der Waals surface area (Å²) in [7, 11) is 5.98. The normalized spacial score (nSPS) is 17.1. The van der Waals surface area contributed by atoms with Gasteiger partial charge in [0, 0.05) is 22.3 Å². The number of nitrogens with one attached hydrogen (secondary N) is 1. The maximum absolute atomic E-state index is 5.25. The molecule has 0 aliphatic carbocycles. The number of nitrogens with zero attached hydrogens (tertiary/aromatic N) is 4. The molecule has 0 spiro atoms. The molecule has 4 rings (SSSR count). The van der Waals surface area contributed by atoms with Crippen LogP contribution in [-0.4, -0.2) is 58.6 Å². The fourth-order valence-electron chi connectivity index (χ4n) is 3.30. The van der Waals surface area contributed by atoms with E-state index in [1.165, 1.54) is 4.90 Å². The quantitative estimate of drug-likeness (QED) is 0.530. The first-order chi connectivity index (χ1) is 15.1. The van der Waals surface area contributed by atoms with E-state index in [1.807, 2.05) is 30.0 Å². The standard InChI is InChI=1S/C23H27N5OS2/c1-16(27(2)3)21-25-26-23(28(21)18-8-6-5-7-9-18)30-15-20-14-24-22(31-20)17-10-12-19(29-4)13-11-17/h5-13,16,20H,14-15H2,1-4H3/p+1/t16-,20-/m0/s1. The van der Waals surface area contributed by atoms with E-state index in [0.29, 0.717) is 5.25 Å². The largest absolute Gasteiger partial charge is 0.497 e. The number of aliphatic imine (C=N–C) groups is 1. The van der Waals surface area contributed by atoms with E-state index in [2.05, 4.69) is 72.2 Å². The van der Waals surface area contributed by atoms with Gasteiger partial charge >= 0.3 is 0 Å². The third kappa shape index (κ3) is 4.97. The van der Waals surface area contributed by atoms with Gasteiger partial charge < -0.3 is 9.64 Å². The van der Waals surface area contributed by atoms with Crippen molar-refractivity contribution in [1.29, 1.82) is 0 Å². The Bertz CT molecular complexity index is 1030. The van der Waals surface area contributed by atoms with E-state index in [4.69, 9.17) is 9.73 Å². The molecule has 31 heavy (non-hydrogen) atoms. The summed E-state index contributed by atoms with van der Waals surface area (Å²) >= 11 is 3.60. The Morgan fingerprint density at radius 1 is 1.13 bits per heavy atom. The summed E-state index contributed by atoms with van der Waals surface area (Å²) in [6, 6.07) is 18.7. The fourth-order valence-corrected chi connectivity index (χ4v) is 5.53. The van der Waals surface area contributed by atoms with E-state index in [-0.39, 0.29) is 6.04 Å². The van der Waals surface area contributed by atoms with Crippen LogP contribution in [0.4, 0.5) is 0 Å². The highest BCUT2D eigenvalue weighted by molar-refractivity contribution is 8.16. The van der Waals surface area contributed by atoms with Crippen molar-refractivity contribution in [3.8, 4) is 11.4 Å². The van der Waals surface area contributed by atoms with Crippen molar-refractivity contribution in [1.82, 2.24) is 14.8 Å². The average molecular weight is 455 g/mol. The van der Waals surface area contributed by atoms with Crippen LogP contribution in [0.15, 0.2) is 64.7 Å². The number of ether oxygens (including phenoxy) is 1. The Morgan fingerprint density at radius 3 is 2.55 bits per heavy atom. The molecule has 8 heteroatoms.